The highest BCUT2D eigenvalue weighted by Crippen LogP contribution is 2.38. The summed E-state index contributed by atoms with van der Waals surface area (Å²) in [7, 11) is 0. The van der Waals surface area contributed by atoms with Crippen molar-refractivity contribution in [3.8, 4) is 0 Å². The number of hydrogen-bond donors (Lipinski definition) is 0. The highest BCUT2D eigenvalue weighted by atomic mass is 16.6. The number of benzene rings is 1. The average Bonchev–Trinajstić information content (AvgIpc) is 3.02. The van der Waals surface area contributed by atoms with Crippen LogP contribution in [0.25, 0.3) is 0 Å². The fraction of sp³-hybridized carbons (Fsp3) is 0.619. The first-order valence-electron chi connectivity index (χ1n) is 9.75. The number of rotatable bonds is 2. The Morgan fingerprint density at radius 1 is 1.04 bits per heavy atom. The first-order chi connectivity index (χ1) is 12.8. The van der Waals surface area contributed by atoms with Gasteiger partial charge >= 0.3 is 12.2 Å². The molecule has 0 radical (unpaired) electrons. The van der Waals surface area contributed by atoms with Gasteiger partial charge in [-0.3, -0.25) is 0 Å². The lowest BCUT2D eigenvalue weighted by molar-refractivity contribution is -0.00691. The number of ether oxygens (including phenoxy) is 2. The third-order valence-corrected chi connectivity index (χ3v) is 5.23. The maximum absolute atomic E-state index is 12.8. The molecule has 2 fully saturated rings. The van der Waals surface area contributed by atoms with Crippen molar-refractivity contribution in [3.63, 3.8) is 0 Å². The molecule has 2 aliphatic heterocycles. The largest absolute Gasteiger partial charge is 0.445 e. The van der Waals surface area contributed by atoms with Gasteiger partial charge in [-0.05, 0) is 52.0 Å². The number of carbonyl (C=O) groups is 2. The minimum atomic E-state index is -0.522. The Kier molecular flexibility index (Phi) is 5.63. The Labute approximate surface area is 161 Å². The van der Waals surface area contributed by atoms with E-state index in [1.807, 2.05) is 56.0 Å². The molecule has 27 heavy (non-hydrogen) atoms. The molecule has 2 aliphatic rings. The normalized spacial score (nSPS) is 22.8. The van der Waals surface area contributed by atoms with E-state index in [-0.39, 0.29) is 24.3 Å². The fourth-order valence-electron chi connectivity index (χ4n) is 4.04. The Balaban J connectivity index is 1.64. The molecule has 0 N–H and O–H groups in total. The summed E-state index contributed by atoms with van der Waals surface area (Å²) in [5, 5.41) is 0. The zero-order valence-corrected chi connectivity index (χ0v) is 16.6. The summed E-state index contributed by atoms with van der Waals surface area (Å²) in [6.45, 7) is 7.73. The van der Waals surface area contributed by atoms with E-state index in [4.69, 9.17) is 9.47 Å². The Bertz CT molecular complexity index is 671. The molecule has 0 bridgehead atoms. The molecule has 6 heteroatoms. The molecule has 2 heterocycles. The third-order valence-electron chi connectivity index (χ3n) is 5.23. The van der Waals surface area contributed by atoms with Crippen molar-refractivity contribution in [2.45, 2.75) is 64.2 Å². The van der Waals surface area contributed by atoms with Gasteiger partial charge in [-0.1, -0.05) is 30.3 Å². The van der Waals surface area contributed by atoms with Crippen LogP contribution in [0.4, 0.5) is 9.59 Å². The van der Waals surface area contributed by atoms with Gasteiger partial charge in [0.2, 0.25) is 0 Å². The van der Waals surface area contributed by atoms with E-state index >= 15 is 0 Å². The van der Waals surface area contributed by atoms with Crippen molar-refractivity contribution in [3.05, 3.63) is 35.9 Å². The smallest absolute Gasteiger partial charge is 0.410 e. The molecule has 1 aromatic rings. The van der Waals surface area contributed by atoms with Crippen LogP contribution in [0, 0.1) is 0 Å². The van der Waals surface area contributed by atoms with Crippen LogP contribution in [0.2, 0.25) is 0 Å². The van der Waals surface area contributed by atoms with Gasteiger partial charge in [0.25, 0.3) is 0 Å². The number of likely N-dealkylation sites (tertiary alicyclic amines) is 2. The van der Waals surface area contributed by atoms with Crippen molar-refractivity contribution < 1.29 is 19.1 Å². The highest BCUT2D eigenvalue weighted by Gasteiger charge is 2.48. The summed E-state index contributed by atoms with van der Waals surface area (Å²) < 4.78 is 11.1. The first-order valence-corrected chi connectivity index (χ1v) is 9.75. The highest BCUT2D eigenvalue weighted by molar-refractivity contribution is 5.71. The number of nitrogens with zero attached hydrogens (tertiary/aromatic N) is 2. The molecular formula is C21H30N2O4. The summed E-state index contributed by atoms with van der Waals surface area (Å²) >= 11 is 0. The molecule has 1 atom stereocenters. The zero-order chi connectivity index (χ0) is 19.5. The lowest BCUT2D eigenvalue weighted by Gasteiger charge is -2.45. The van der Waals surface area contributed by atoms with Gasteiger partial charge in [-0.25, -0.2) is 9.59 Å². The fourth-order valence-corrected chi connectivity index (χ4v) is 4.04. The second-order valence-corrected chi connectivity index (χ2v) is 8.53. The van der Waals surface area contributed by atoms with Crippen LogP contribution in [0.15, 0.2) is 30.3 Å². The topological polar surface area (TPSA) is 59.1 Å². The first kappa shape index (κ1) is 19.5. The van der Waals surface area contributed by atoms with Crippen molar-refractivity contribution in [2.24, 2.45) is 0 Å². The Hall–Kier alpha value is -2.24. The molecule has 2 saturated heterocycles. The molecule has 3 rings (SSSR count). The zero-order valence-electron chi connectivity index (χ0n) is 16.6. The van der Waals surface area contributed by atoms with Gasteiger partial charge in [0.05, 0.1) is 5.54 Å². The lowest BCUT2D eigenvalue weighted by Crippen LogP contribution is -2.58. The van der Waals surface area contributed by atoms with Gasteiger partial charge in [-0.15, -0.1) is 0 Å². The molecule has 0 aromatic heterocycles. The molecular weight excluding hydrogens is 344 g/mol. The van der Waals surface area contributed by atoms with E-state index in [0.717, 1.165) is 31.2 Å². The van der Waals surface area contributed by atoms with E-state index in [9.17, 15) is 9.59 Å². The van der Waals surface area contributed by atoms with Crippen LogP contribution in [0.5, 0.6) is 0 Å². The molecule has 0 aliphatic carbocycles. The minimum Gasteiger partial charge on any atom is -0.445 e. The summed E-state index contributed by atoms with van der Waals surface area (Å²) in [6.07, 6.45) is 3.00. The number of piperidine rings is 1. The van der Waals surface area contributed by atoms with Crippen LogP contribution in [0.1, 0.15) is 52.0 Å². The SMILES string of the molecule is CC(C)(C)OC(=O)N1CCC[C@]2(CCCN2C(=O)OCc2ccccc2)C1. The number of hydrogen-bond acceptors (Lipinski definition) is 4. The van der Waals surface area contributed by atoms with Crippen molar-refractivity contribution in [1.29, 1.82) is 0 Å². The average molecular weight is 374 g/mol. The van der Waals surface area contributed by atoms with Gasteiger partial charge in [0.15, 0.2) is 0 Å². The second kappa shape index (κ2) is 7.79. The molecule has 0 saturated carbocycles. The van der Waals surface area contributed by atoms with E-state index in [0.29, 0.717) is 19.6 Å². The standard InChI is InChI=1S/C21H30N2O4/c1-20(2,3)27-18(24)22-13-7-11-21(16-22)12-8-14-23(21)19(25)26-15-17-9-5-4-6-10-17/h4-6,9-10H,7-8,11-16H2,1-3H3/t21-/m0/s1. The van der Waals surface area contributed by atoms with E-state index in [1.54, 1.807) is 4.90 Å². The predicted octanol–water partition coefficient (Wildman–Crippen LogP) is 4.19. The van der Waals surface area contributed by atoms with Gasteiger partial charge in [-0.2, -0.15) is 0 Å². The van der Waals surface area contributed by atoms with Crippen LogP contribution in [0.3, 0.4) is 0 Å². The molecule has 1 aromatic carbocycles. The van der Waals surface area contributed by atoms with Crippen LogP contribution in [-0.2, 0) is 16.1 Å². The Morgan fingerprint density at radius 2 is 1.70 bits per heavy atom. The lowest BCUT2D eigenvalue weighted by atomic mass is 9.86. The molecule has 148 valence electrons. The summed E-state index contributed by atoms with van der Waals surface area (Å²) in [5.74, 6) is 0. The summed E-state index contributed by atoms with van der Waals surface area (Å²) in [4.78, 5) is 28.9. The summed E-state index contributed by atoms with van der Waals surface area (Å²) in [6, 6.07) is 9.69. The van der Waals surface area contributed by atoms with E-state index < -0.39 is 5.60 Å². The second-order valence-electron chi connectivity index (χ2n) is 8.53. The van der Waals surface area contributed by atoms with Crippen molar-refractivity contribution in [1.82, 2.24) is 9.80 Å². The maximum Gasteiger partial charge on any atom is 0.410 e. The van der Waals surface area contributed by atoms with Crippen molar-refractivity contribution in [2.75, 3.05) is 19.6 Å². The van der Waals surface area contributed by atoms with Gasteiger partial charge < -0.3 is 19.3 Å². The minimum absolute atomic E-state index is 0.266. The van der Waals surface area contributed by atoms with E-state index in [2.05, 4.69) is 0 Å². The van der Waals surface area contributed by atoms with Crippen LogP contribution < -0.4 is 0 Å². The van der Waals surface area contributed by atoms with E-state index in [1.165, 1.54) is 0 Å². The molecule has 0 unspecified atom stereocenters. The Morgan fingerprint density at radius 3 is 2.37 bits per heavy atom. The van der Waals surface area contributed by atoms with Gasteiger partial charge in [0, 0.05) is 19.6 Å². The predicted molar refractivity (Wildman–Crippen MR) is 102 cm³/mol. The monoisotopic (exact) mass is 374 g/mol. The van der Waals surface area contributed by atoms with Crippen molar-refractivity contribution >= 4 is 12.2 Å². The van der Waals surface area contributed by atoms with Crippen LogP contribution >= 0.6 is 0 Å². The summed E-state index contributed by atoms with van der Waals surface area (Å²) in [5.41, 5.74) is 0.118. The quantitative estimate of drug-likeness (QED) is 0.779. The van der Waals surface area contributed by atoms with Gasteiger partial charge in [0.1, 0.15) is 12.2 Å². The molecule has 1 spiro atoms. The third kappa shape index (κ3) is 4.73. The maximum atomic E-state index is 12.8. The number of amides is 2. The number of carbonyl (C=O) groups excluding carboxylic acids is 2. The molecule has 6 nitrogen and oxygen atoms in total. The van der Waals surface area contributed by atoms with Crippen LogP contribution in [-0.4, -0.2) is 52.8 Å². The molecule has 2 amide bonds.